The molecule has 1 heterocycles. The number of nitrogens with zero attached hydrogens (tertiary/aromatic N) is 1. The Kier molecular flexibility index (Phi) is 7.40. The van der Waals surface area contributed by atoms with E-state index in [1.54, 1.807) is 4.90 Å². The lowest BCUT2D eigenvalue weighted by Crippen LogP contribution is -2.51. The fraction of sp³-hybridized carbons (Fsp3) is 0.588. The highest BCUT2D eigenvalue weighted by atomic mass is 35.5. The fourth-order valence-electron chi connectivity index (χ4n) is 3.04. The number of benzene rings is 1. The molecule has 1 atom stereocenters. The summed E-state index contributed by atoms with van der Waals surface area (Å²) in [6.07, 6.45) is 3.86. The molecule has 1 saturated carbocycles. The summed E-state index contributed by atoms with van der Waals surface area (Å²) < 4.78 is 40.6. The van der Waals surface area contributed by atoms with Gasteiger partial charge < -0.3 is 10.2 Å². The molecule has 0 spiro atoms. The van der Waals surface area contributed by atoms with Crippen LogP contribution in [-0.2, 0) is 14.8 Å². The number of hydrogen-bond donors (Lipinski definition) is 2. The van der Waals surface area contributed by atoms with E-state index in [2.05, 4.69) is 10.0 Å². The Labute approximate surface area is 160 Å². The molecule has 9 heteroatoms. The first-order chi connectivity index (χ1) is 11.9. The first-order valence-corrected chi connectivity index (χ1v) is 10.2. The Morgan fingerprint density at radius 2 is 2.04 bits per heavy atom. The highest BCUT2D eigenvalue weighted by Gasteiger charge is 2.28. The molecule has 1 unspecified atom stereocenters. The number of piperidine rings is 1. The number of carbonyl (C=O) groups is 1. The number of likely N-dealkylation sites (tertiary alicyclic amines) is 1. The quantitative estimate of drug-likeness (QED) is 0.720. The molecule has 0 radical (unpaired) electrons. The van der Waals surface area contributed by atoms with Crippen LogP contribution in [0.2, 0.25) is 0 Å². The average Bonchev–Trinajstić information content (AvgIpc) is 3.39. The van der Waals surface area contributed by atoms with Crippen LogP contribution in [-0.4, -0.2) is 51.4 Å². The second-order valence-electron chi connectivity index (χ2n) is 6.83. The van der Waals surface area contributed by atoms with Crippen molar-refractivity contribution in [2.75, 3.05) is 26.2 Å². The first-order valence-electron chi connectivity index (χ1n) is 8.70. The maximum Gasteiger partial charge on any atom is 0.240 e. The van der Waals surface area contributed by atoms with Gasteiger partial charge in [0, 0.05) is 19.1 Å². The van der Waals surface area contributed by atoms with Gasteiger partial charge in [0.1, 0.15) is 5.82 Å². The number of nitrogens with one attached hydrogen (secondary N) is 2. The molecular weight excluding hydrogens is 381 g/mol. The zero-order valence-electron chi connectivity index (χ0n) is 14.5. The molecule has 0 bridgehead atoms. The van der Waals surface area contributed by atoms with E-state index >= 15 is 0 Å². The standard InChI is InChI=1S/C17H24FN3O3S.ClH/c18-14-3-1-5-16(9-14)25(23,24)20-15-4-2-8-21(12-15)17(22)11-19-10-13-6-7-13;/h1,3,5,9,13,15,19-20H,2,4,6-8,10-12H2;1H. The molecule has 2 fully saturated rings. The van der Waals surface area contributed by atoms with Crippen molar-refractivity contribution in [1.82, 2.24) is 14.9 Å². The minimum absolute atomic E-state index is 0. The Morgan fingerprint density at radius 1 is 1.27 bits per heavy atom. The molecule has 1 saturated heterocycles. The summed E-state index contributed by atoms with van der Waals surface area (Å²) in [6.45, 7) is 2.15. The topological polar surface area (TPSA) is 78.5 Å². The van der Waals surface area contributed by atoms with Gasteiger partial charge in [0.2, 0.25) is 15.9 Å². The second kappa shape index (κ2) is 9.12. The van der Waals surface area contributed by atoms with Gasteiger partial charge in [0.15, 0.2) is 0 Å². The van der Waals surface area contributed by atoms with Crippen LogP contribution >= 0.6 is 12.4 Å². The molecule has 1 aromatic carbocycles. The van der Waals surface area contributed by atoms with E-state index in [9.17, 15) is 17.6 Å². The molecular formula is C17H25ClFN3O3S. The van der Waals surface area contributed by atoms with Crippen LogP contribution in [0.1, 0.15) is 25.7 Å². The number of rotatable bonds is 7. The lowest BCUT2D eigenvalue weighted by molar-refractivity contribution is -0.131. The van der Waals surface area contributed by atoms with E-state index < -0.39 is 15.8 Å². The van der Waals surface area contributed by atoms with Crippen LogP contribution < -0.4 is 10.0 Å². The summed E-state index contributed by atoms with van der Waals surface area (Å²) in [5.41, 5.74) is 0. The Morgan fingerprint density at radius 3 is 2.73 bits per heavy atom. The molecule has 1 aliphatic carbocycles. The van der Waals surface area contributed by atoms with E-state index in [0.29, 0.717) is 32.0 Å². The lowest BCUT2D eigenvalue weighted by atomic mass is 10.1. The van der Waals surface area contributed by atoms with Crippen molar-refractivity contribution in [1.29, 1.82) is 0 Å². The zero-order valence-corrected chi connectivity index (χ0v) is 16.1. The van der Waals surface area contributed by atoms with Gasteiger partial charge in [0.05, 0.1) is 11.4 Å². The van der Waals surface area contributed by atoms with Crippen LogP contribution in [0.4, 0.5) is 4.39 Å². The van der Waals surface area contributed by atoms with Crippen molar-refractivity contribution < 1.29 is 17.6 Å². The maximum absolute atomic E-state index is 13.3. The predicted molar refractivity (Wildman–Crippen MR) is 99.2 cm³/mol. The maximum atomic E-state index is 13.3. The smallest absolute Gasteiger partial charge is 0.240 e. The van der Waals surface area contributed by atoms with Crippen molar-refractivity contribution in [3.8, 4) is 0 Å². The molecule has 6 nitrogen and oxygen atoms in total. The van der Waals surface area contributed by atoms with Gasteiger partial charge in [-0.25, -0.2) is 17.5 Å². The van der Waals surface area contributed by atoms with Gasteiger partial charge in [-0.1, -0.05) is 6.07 Å². The number of amides is 1. The zero-order chi connectivity index (χ0) is 17.9. The minimum atomic E-state index is -3.80. The molecule has 146 valence electrons. The Bertz CT molecular complexity index is 728. The molecule has 0 aromatic heterocycles. The number of halogens is 2. The van der Waals surface area contributed by atoms with Crippen LogP contribution in [0.3, 0.4) is 0 Å². The second-order valence-corrected chi connectivity index (χ2v) is 8.55. The normalized spacial score (nSPS) is 20.5. The molecule has 1 aliphatic heterocycles. The van der Waals surface area contributed by atoms with Crippen LogP contribution in [0, 0.1) is 11.7 Å². The van der Waals surface area contributed by atoms with Gasteiger partial charge >= 0.3 is 0 Å². The first kappa shape index (κ1) is 21.1. The minimum Gasteiger partial charge on any atom is -0.340 e. The monoisotopic (exact) mass is 405 g/mol. The van der Waals surface area contributed by atoms with Crippen molar-refractivity contribution in [2.45, 2.75) is 36.6 Å². The number of carbonyl (C=O) groups excluding carboxylic acids is 1. The van der Waals surface area contributed by atoms with Crippen molar-refractivity contribution >= 4 is 28.3 Å². The highest BCUT2D eigenvalue weighted by Crippen LogP contribution is 2.27. The van der Waals surface area contributed by atoms with E-state index in [1.807, 2.05) is 0 Å². The van der Waals surface area contributed by atoms with Gasteiger partial charge in [-0.2, -0.15) is 0 Å². The molecule has 1 amide bonds. The molecule has 1 aromatic rings. The Balaban J connectivity index is 0.00000243. The van der Waals surface area contributed by atoms with E-state index in [0.717, 1.165) is 19.0 Å². The third-order valence-corrected chi connectivity index (χ3v) is 6.13. The van der Waals surface area contributed by atoms with Gasteiger partial charge in [-0.05, 0) is 56.3 Å². The van der Waals surface area contributed by atoms with Crippen LogP contribution in [0.25, 0.3) is 0 Å². The number of hydrogen-bond acceptors (Lipinski definition) is 4. The third-order valence-electron chi connectivity index (χ3n) is 4.61. The van der Waals surface area contributed by atoms with Gasteiger partial charge in [0.25, 0.3) is 0 Å². The summed E-state index contributed by atoms with van der Waals surface area (Å²) in [5.74, 6) is 0.111. The summed E-state index contributed by atoms with van der Waals surface area (Å²) in [4.78, 5) is 13.9. The van der Waals surface area contributed by atoms with E-state index in [4.69, 9.17) is 0 Å². The van der Waals surface area contributed by atoms with Crippen LogP contribution in [0.15, 0.2) is 29.2 Å². The summed E-state index contributed by atoms with van der Waals surface area (Å²) in [7, 11) is -3.80. The van der Waals surface area contributed by atoms with E-state index in [-0.39, 0.29) is 29.3 Å². The van der Waals surface area contributed by atoms with Crippen LogP contribution in [0.5, 0.6) is 0 Å². The van der Waals surface area contributed by atoms with Gasteiger partial charge in [-0.15, -0.1) is 12.4 Å². The third kappa shape index (κ3) is 5.90. The molecule has 2 N–H and O–H groups in total. The molecule has 26 heavy (non-hydrogen) atoms. The Hall–Kier alpha value is -1.22. The number of sulfonamides is 1. The predicted octanol–water partition coefficient (Wildman–Crippen LogP) is 1.52. The molecule has 2 aliphatic rings. The van der Waals surface area contributed by atoms with Crippen molar-refractivity contribution in [3.05, 3.63) is 30.1 Å². The van der Waals surface area contributed by atoms with Crippen molar-refractivity contribution in [3.63, 3.8) is 0 Å². The lowest BCUT2D eigenvalue weighted by Gasteiger charge is -2.33. The SMILES string of the molecule is Cl.O=C(CNCC1CC1)N1CCCC(NS(=O)(=O)c2cccc(F)c2)C1. The summed E-state index contributed by atoms with van der Waals surface area (Å²) in [5, 5.41) is 3.17. The van der Waals surface area contributed by atoms with Crippen molar-refractivity contribution in [2.24, 2.45) is 5.92 Å². The fourth-order valence-corrected chi connectivity index (χ4v) is 4.33. The van der Waals surface area contributed by atoms with Gasteiger partial charge in [-0.3, -0.25) is 4.79 Å². The highest BCUT2D eigenvalue weighted by molar-refractivity contribution is 7.89. The summed E-state index contributed by atoms with van der Waals surface area (Å²) >= 11 is 0. The average molecular weight is 406 g/mol. The largest absolute Gasteiger partial charge is 0.340 e. The molecule has 3 rings (SSSR count). The van der Waals surface area contributed by atoms with E-state index in [1.165, 1.54) is 31.0 Å². The summed E-state index contributed by atoms with van der Waals surface area (Å²) in [6, 6.07) is 4.57.